The average molecular weight is 190 g/mol. The summed E-state index contributed by atoms with van der Waals surface area (Å²) >= 11 is 0. The molecule has 1 aromatic heterocycles. The summed E-state index contributed by atoms with van der Waals surface area (Å²) < 4.78 is 0. The third-order valence-electron chi connectivity index (χ3n) is 2.34. The van der Waals surface area contributed by atoms with E-state index in [2.05, 4.69) is 48.5 Å². The van der Waals surface area contributed by atoms with Gasteiger partial charge in [0.2, 0.25) is 0 Å². The van der Waals surface area contributed by atoms with E-state index in [0.29, 0.717) is 0 Å². The molecule has 0 spiro atoms. The van der Waals surface area contributed by atoms with E-state index in [1.165, 1.54) is 29.2 Å². The van der Waals surface area contributed by atoms with Gasteiger partial charge in [-0.25, -0.2) is 0 Å². The van der Waals surface area contributed by atoms with Crippen molar-refractivity contribution < 1.29 is 18.9 Å². The molecule has 0 atom stereocenters. The monoisotopic (exact) mass is 190 g/mol. The second kappa shape index (κ2) is 3.83. The summed E-state index contributed by atoms with van der Waals surface area (Å²) in [5.41, 5.74) is 0. The average Bonchev–Trinajstić information content (AvgIpc) is 2.56. The van der Waals surface area contributed by atoms with Gasteiger partial charge in [0.1, 0.15) is 0 Å². The van der Waals surface area contributed by atoms with E-state index in [4.69, 9.17) is 0 Å². The first-order valence-electron chi connectivity index (χ1n) is 4.35. The zero-order valence-electron chi connectivity index (χ0n) is 8.07. The van der Waals surface area contributed by atoms with Gasteiger partial charge < -0.3 is 8.19 Å². The summed E-state index contributed by atoms with van der Waals surface area (Å²) in [7, 11) is 1.36. The van der Waals surface area contributed by atoms with Crippen LogP contribution in [0.25, 0.3) is 21.0 Å². The van der Waals surface area contributed by atoms with Crippen molar-refractivity contribution in [1.29, 1.82) is 0 Å². The Morgan fingerprint density at radius 2 is 1.07 bits per heavy atom. The minimum Gasteiger partial charge on any atom is -0.514 e. The Kier molecular flexibility index (Phi) is 2.70. The molecule has 2 heteroatoms. The fourth-order valence-corrected chi connectivity index (χ4v) is 2.94. The summed E-state index contributed by atoms with van der Waals surface area (Å²) in [5.74, 6) is 0. The molecule has 0 amide bonds. The summed E-state index contributed by atoms with van der Waals surface area (Å²) in [6, 6.07) is 17.2. The Morgan fingerprint density at radius 3 is 1.57 bits per heavy atom. The van der Waals surface area contributed by atoms with Gasteiger partial charge in [-0.3, -0.25) is 0 Å². The van der Waals surface area contributed by atoms with E-state index < -0.39 is 0 Å². The van der Waals surface area contributed by atoms with E-state index in [0.717, 1.165) is 0 Å². The molecule has 0 fully saturated rings. The van der Waals surface area contributed by atoms with Crippen molar-refractivity contribution in [3.63, 3.8) is 0 Å². The normalized spacial score (nSPS) is 10.3. The molecule has 14 heavy (non-hydrogen) atoms. The third-order valence-corrected chi connectivity index (χ3v) is 3.60. The van der Waals surface area contributed by atoms with Gasteiger partial charge in [-0.2, -0.15) is 10.2 Å². The van der Waals surface area contributed by atoms with Crippen molar-refractivity contribution in [2.45, 2.75) is 0 Å². The van der Waals surface area contributed by atoms with E-state index in [-0.39, 0.29) is 18.9 Å². The topological polar surface area (TPSA) is 0 Å². The smallest absolute Gasteiger partial charge is 0.514 e. The number of rotatable bonds is 0. The largest absolute Gasteiger partial charge is 1.00 e. The molecule has 0 radical (unpaired) electrons. The molecule has 0 saturated carbocycles. The zero-order chi connectivity index (χ0) is 8.67. The molecule has 1 heterocycles. The Bertz CT molecular complexity index is 518. The van der Waals surface area contributed by atoms with Crippen molar-refractivity contribution in [1.82, 2.24) is 0 Å². The Labute approximate surface area is 96.6 Å². The molecule has 3 aromatic rings. The molecule has 2 aromatic carbocycles. The van der Waals surface area contributed by atoms with Crippen molar-refractivity contribution in [3.05, 3.63) is 48.5 Å². The molecule has 0 aliphatic heterocycles. The fourth-order valence-electron chi connectivity index (χ4n) is 1.73. The van der Waals surface area contributed by atoms with Gasteiger partial charge in [0, 0.05) is 0 Å². The van der Waals surface area contributed by atoms with Crippen LogP contribution < -0.4 is 18.9 Å². The van der Waals surface area contributed by atoms with Gasteiger partial charge >= 0.3 is 18.9 Å². The second-order valence-corrected chi connectivity index (χ2v) is 4.33. The van der Waals surface area contributed by atoms with Crippen molar-refractivity contribution in [3.8, 4) is 0 Å². The second-order valence-electron chi connectivity index (χ2n) is 3.15. The Balaban J connectivity index is 0.000000750. The van der Waals surface area contributed by atoms with E-state index in [1.54, 1.807) is 0 Å². The summed E-state index contributed by atoms with van der Waals surface area (Å²) in [6.45, 7) is 0. The van der Waals surface area contributed by atoms with Crippen LogP contribution in [-0.4, -0.2) is 0 Å². The van der Waals surface area contributed by atoms with Gasteiger partial charge in [-0.1, -0.05) is 48.5 Å². The van der Waals surface area contributed by atoms with Gasteiger partial charge in [0.05, 0.1) is 0 Å². The summed E-state index contributed by atoms with van der Waals surface area (Å²) in [6.07, 6.45) is 0. The predicted octanol–water partition coefficient (Wildman–Crippen LogP) is 1.30. The van der Waals surface area contributed by atoms with Gasteiger partial charge in [-0.05, 0) is 10.8 Å². The molecule has 0 aliphatic carbocycles. The molecule has 0 unspecified atom stereocenters. The molecule has 0 aliphatic rings. The molecular weight excluding hydrogens is 182 g/mol. The number of fused-ring (bicyclic) bond motifs is 3. The molecule has 0 N–H and O–H groups in total. The van der Waals surface area contributed by atoms with Crippen molar-refractivity contribution in [2.24, 2.45) is 0 Å². The quantitative estimate of drug-likeness (QED) is 0.468. The number of hydrogen-bond donors (Lipinski definition) is 0. The van der Waals surface area contributed by atoms with Crippen LogP contribution >= 0.6 is 8.19 Å². The SMILES string of the molecule is [Li+].c1ccc2c(c1)[p-]c1ccccc12. The van der Waals surface area contributed by atoms with Crippen LogP contribution in [0.1, 0.15) is 0 Å². The van der Waals surface area contributed by atoms with Crippen molar-refractivity contribution in [2.75, 3.05) is 0 Å². The Morgan fingerprint density at radius 1 is 0.643 bits per heavy atom. The van der Waals surface area contributed by atoms with Crippen LogP contribution in [0, 0.1) is 0 Å². The standard InChI is InChI=1S/C12H8P.Li/c1-3-7-11-9(5-1)10-6-2-4-8-12(10)13-11;/h1-8H;/q-1;+1. The molecule has 0 nitrogen and oxygen atoms in total. The Hall–Kier alpha value is -0.663. The number of hydrogen-bond acceptors (Lipinski definition) is 0. The molecular formula is C12H8LiP. The number of benzene rings is 2. The van der Waals surface area contributed by atoms with Crippen LogP contribution in [-0.2, 0) is 0 Å². The van der Waals surface area contributed by atoms with Crippen LogP contribution in [0.4, 0.5) is 0 Å². The van der Waals surface area contributed by atoms with Gasteiger partial charge in [-0.15, -0.1) is 0 Å². The first kappa shape index (κ1) is 9.88. The van der Waals surface area contributed by atoms with Gasteiger partial charge in [0.25, 0.3) is 0 Å². The minimum absolute atomic E-state index is 0. The summed E-state index contributed by atoms with van der Waals surface area (Å²) in [4.78, 5) is 0. The van der Waals surface area contributed by atoms with E-state index in [9.17, 15) is 0 Å². The molecule has 0 saturated heterocycles. The molecule has 3 rings (SSSR count). The first-order valence-corrected chi connectivity index (χ1v) is 5.25. The predicted molar refractivity (Wildman–Crippen MR) is 59.6 cm³/mol. The third kappa shape index (κ3) is 1.41. The first-order chi connectivity index (χ1) is 6.45. The van der Waals surface area contributed by atoms with Crippen LogP contribution in [0.5, 0.6) is 0 Å². The van der Waals surface area contributed by atoms with Crippen LogP contribution in [0.15, 0.2) is 48.5 Å². The molecule has 0 bridgehead atoms. The van der Waals surface area contributed by atoms with Gasteiger partial charge in [0.15, 0.2) is 0 Å². The van der Waals surface area contributed by atoms with Crippen LogP contribution in [0.3, 0.4) is 0 Å². The fraction of sp³-hybridized carbons (Fsp3) is 0. The summed E-state index contributed by atoms with van der Waals surface area (Å²) in [5, 5.41) is 5.67. The zero-order valence-corrected chi connectivity index (χ0v) is 8.96. The maximum Gasteiger partial charge on any atom is 1.00 e. The van der Waals surface area contributed by atoms with Crippen molar-refractivity contribution >= 4 is 29.2 Å². The van der Waals surface area contributed by atoms with Crippen LogP contribution in [0.2, 0.25) is 0 Å². The van der Waals surface area contributed by atoms with E-state index in [1.807, 2.05) is 0 Å². The van der Waals surface area contributed by atoms with E-state index >= 15 is 0 Å². The maximum absolute atomic E-state index is 2.21. The minimum atomic E-state index is 0. The maximum atomic E-state index is 2.21. The molecule has 62 valence electrons.